The first-order valence-electron chi connectivity index (χ1n) is 5.93. The maximum Gasteiger partial charge on any atom is 0.311 e. The van der Waals surface area contributed by atoms with Gasteiger partial charge >= 0.3 is 5.97 Å². The van der Waals surface area contributed by atoms with E-state index in [4.69, 9.17) is 0 Å². The summed E-state index contributed by atoms with van der Waals surface area (Å²) in [7, 11) is 1.16. The number of ether oxygens (including phenoxy) is 1. The summed E-state index contributed by atoms with van der Waals surface area (Å²) in [4.78, 5) is 23.1. The van der Waals surface area contributed by atoms with Crippen molar-refractivity contribution in [2.45, 2.75) is 12.3 Å². The Hall–Kier alpha value is -2.05. The largest absolute Gasteiger partial charge is 0.469 e. The zero-order chi connectivity index (χ0) is 14.9. The van der Waals surface area contributed by atoms with Crippen molar-refractivity contribution in [3.8, 4) is 0 Å². The molecule has 0 spiro atoms. The van der Waals surface area contributed by atoms with E-state index in [1.54, 1.807) is 0 Å². The minimum absolute atomic E-state index is 0.0331. The molecule has 2 atom stereocenters. The SMILES string of the molecule is COC(=O)C1CNC(=O)CC1c1cc(F)c(F)cc1F. The highest BCUT2D eigenvalue weighted by molar-refractivity contribution is 5.83. The first kappa shape index (κ1) is 14.4. The van der Waals surface area contributed by atoms with Gasteiger partial charge in [-0.05, 0) is 11.6 Å². The molecule has 1 amide bonds. The fraction of sp³-hybridized carbons (Fsp3) is 0.385. The molecular weight excluding hydrogens is 275 g/mol. The van der Waals surface area contributed by atoms with E-state index < -0.39 is 35.3 Å². The van der Waals surface area contributed by atoms with E-state index in [0.29, 0.717) is 12.1 Å². The number of carbonyl (C=O) groups is 2. The van der Waals surface area contributed by atoms with E-state index >= 15 is 0 Å². The van der Waals surface area contributed by atoms with Crippen LogP contribution in [0.15, 0.2) is 12.1 Å². The van der Waals surface area contributed by atoms with Gasteiger partial charge in [-0.25, -0.2) is 13.2 Å². The summed E-state index contributed by atoms with van der Waals surface area (Å²) in [6.07, 6.45) is -0.193. The van der Waals surface area contributed by atoms with Crippen molar-refractivity contribution >= 4 is 11.9 Å². The number of rotatable bonds is 2. The predicted molar refractivity (Wildman–Crippen MR) is 62.2 cm³/mol. The lowest BCUT2D eigenvalue weighted by Gasteiger charge is -2.30. The number of piperidine rings is 1. The van der Waals surface area contributed by atoms with E-state index in [1.807, 2.05) is 0 Å². The van der Waals surface area contributed by atoms with Crippen LogP contribution in [0.4, 0.5) is 13.2 Å². The Morgan fingerprint density at radius 2 is 1.90 bits per heavy atom. The van der Waals surface area contributed by atoms with E-state index in [9.17, 15) is 22.8 Å². The number of nitrogens with one attached hydrogen (secondary N) is 1. The van der Waals surface area contributed by atoms with Crippen LogP contribution >= 0.6 is 0 Å². The summed E-state index contributed by atoms with van der Waals surface area (Å²) in [6.45, 7) is -0.0331. The second-order valence-electron chi connectivity index (χ2n) is 4.53. The van der Waals surface area contributed by atoms with Gasteiger partial charge in [-0.3, -0.25) is 9.59 Å². The molecule has 1 aromatic carbocycles. The van der Waals surface area contributed by atoms with Gasteiger partial charge in [-0.1, -0.05) is 0 Å². The molecular formula is C13H12F3NO3. The van der Waals surface area contributed by atoms with Gasteiger partial charge in [0.05, 0.1) is 13.0 Å². The third-order valence-corrected chi connectivity index (χ3v) is 3.35. The second kappa shape index (κ2) is 5.52. The van der Waals surface area contributed by atoms with Crippen molar-refractivity contribution in [3.63, 3.8) is 0 Å². The number of esters is 1. The number of halogens is 3. The Bertz CT molecular complexity index is 562. The summed E-state index contributed by atoms with van der Waals surface area (Å²) in [5, 5.41) is 2.46. The smallest absolute Gasteiger partial charge is 0.311 e. The Labute approximate surface area is 112 Å². The van der Waals surface area contributed by atoms with Crippen molar-refractivity contribution in [3.05, 3.63) is 35.1 Å². The topological polar surface area (TPSA) is 55.4 Å². The van der Waals surface area contributed by atoms with E-state index in [0.717, 1.165) is 7.11 Å². The maximum absolute atomic E-state index is 13.8. The quantitative estimate of drug-likeness (QED) is 0.662. The Morgan fingerprint density at radius 3 is 2.55 bits per heavy atom. The van der Waals surface area contributed by atoms with Gasteiger partial charge in [0, 0.05) is 24.9 Å². The molecule has 0 radical (unpaired) electrons. The van der Waals surface area contributed by atoms with E-state index in [1.165, 1.54) is 0 Å². The van der Waals surface area contributed by atoms with Gasteiger partial charge < -0.3 is 10.1 Å². The lowest BCUT2D eigenvalue weighted by molar-refractivity contribution is -0.147. The fourth-order valence-electron chi connectivity index (χ4n) is 2.33. The van der Waals surface area contributed by atoms with Crippen LogP contribution in [-0.2, 0) is 14.3 Å². The van der Waals surface area contributed by atoms with Crippen LogP contribution in [0.2, 0.25) is 0 Å². The number of carbonyl (C=O) groups excluding carboxylic acids is 2. The minimum Gasteiger partial charge on any atom is -0.469 e. The molecule has 0 bridgehead atoms. The Balaban J connectivity index is 2.43. The second-order valence-corrected chi connectivity index (χ2v) is 4.53. The molecule has 0 aromatic heterocycles. The molecule has 1 N–H and O–H groups in total. The molecule has 1 aliphatic rings. The van der Waals surface area contributed by atoms with Gasteiger partial charge in [0.25, 0.3) is 0 Å². The molecule has 1 heterocycles. The van der Waals surface area contributed by atoms with Crippen LogP contribution < -0.4 is 5.32 Å². The van der Waals surface area contributed by atoms with Crippen LogP contribution in [0.25, 0.3) is 0 Å². The van der Waals surface area contributed by atoms with Crippen molar-refractivity contribution < 1.29 is 27.5 Å². The summed E-state index contributed by atoms with van der Waals surface area (Å²) in [6, 6.07) is 1.09. The van der Waals surface area contributed by atoms with Crippen molar-refractivity contribution in [2.75, 3.05) is 13.7 Å². The number of hydrogen-bond donors (Lipinski definition) is 1. The van der Waals surface area contributed by atoms with Gasteiger partial charge in [0.1, 0.15) is 5.82 Å². The first-order chi connectivity index (χ1) is 9.43. The van der Waals surface area contributed by atoms with Crippen LogP contribution in [0.1, 0.15) is 17.9 Å². The monoisotopic (exact) mass is 287 g/mol. The summed E-state index contributed by atoms with van der Waals surface area (Å²) < 4.78 is 44.6. The molecule has 108 valence electrons. The molecule has 2 rings (SSSR count). The normalized spacial score (nSPS) is 22.3. The van der Waals surface area contributed by atoms with Gasteiger partial charge in [0.15, 0.2) is 11.6 Å². The number of amides is 1. The lowest BCUT2D eigenvalue weighted by atomic mass is 9.80. The van der Waals surface area contributed by atoms with Crippen LogP contribution in [0, 0.1) is 23.4 Å². The average molecular weight is 287 g/mol. The number of hydrogen-bond acceptors (Lipinski definition) is 3. The summed E-state index contributed by atoms with van der Waals surface area (Å²) in [5.41, 5.74) is -0.200. The zero-order valence-electron chi connectivity index (χ0n) is 10.6. The van der Waals surface area contributed by atoms with Gasteiger partial charge in [-0.15, -0.1) is 0 Å². The molecule has 2 unspecified atom stereocenters. The fourth-order valence-corrected chi connectivity index (χ4v) is 2.33. The molecule has 0 saturated carbocycles. The highest BCUT2D eigenvalue weighted by atomic mass is 19.2. The Morgan fingerprint density at radius 1 is 1.25 bits per heavy atom. The third kappa shape index (κ3) is 2.61. The van der Waals surface area contributed by atoms with Gasteiger partial charge in [-0.2, -0.15) is 0 Å². The van der Waals surface area contributed by atoms with Crippen molar-refractivity contribution in [1.29, 1.82) is 0 Å². The van der Waals surface area contributed by atoms with E-state index in [2.05, 4.69) is 10.1 Å². The first-order valence-corrected chi connectivity index (χ1v) is 5.93. The average Bonchev–Trinajstić information content (AvgIpc) is 2.42. The van der Waals surface area contributed by atoms with Crippen LogP contribution in [0.5, 0.6) is 0 Å². The molecule has 1 saturated heterocycles. The maximum atomic E-state index is 13.8. The van der Waals surface area contributed by atoms with Crippen LogP contribution in [-0.4, -0.2) is 25.5 Å². The summed E-state index contributed by atoms with van der Waals surface area (Å²) in [5.74, 6) is -6.28. The molecule has 1 aromatic rings. The standard InChI is InChI=1S/C13H12F3NO3/c1-20-13(19)8-5-17-12(18)3-6(8)7-2-10(15)11(16)4-9(7)14/h2,4,6,8H,3,5H2,1H3,(H,17,18). The summed E-state index contributed by atoms with van der Waals surface area (Å²) >= 11 is 0. The van der Waals surface area contributed by atoms with Crippen molar-refractivity contribution in [1.82, 2.24) is 5.32 Å². The molecule has 20 heavy (non-hydrogen) atoms. The van der Waals surface area contributed by atoms with Crippen LogP contribution in [0.3, 0.4) is 0 Å². The van der Waals surface area contributed by atoms with Crippen molar-refractivity contribution in [2.24, 2.45) is 5.92 Å². The Kier molecular flexibility index (Phi) is 3.96. The minimum atomic E-state index is -1.32. The molecule has 0 aliphatic carbocycles. The molecule has 4 nitrogen and oxygen atoms in total. The number of methoxy groups -OCH3 is 1. The zero-order valence-corrected chi connectivity index (χ0v) is 10.6. The highest BCUT2D eigenvalue weighted by Crippen LogP contribution is 2.34. The van der Waals surface area contributed by atoms with E-state index in [-0.39, 0.29) is 24.4 Å². The lowest BCUT2D eigenvalue weighted by Crippen LogP contribution is -2.43. The van der Waals surface area contributed by atoms with Gasteiger partial charge in [0.2, 0.25) is 5.91 Å². The highest BCUT2D eigenvalue weighted by Gasteiger charge is 2.37. The predicted octanol–water partition coefficient (Wildman–Crippen LogP) is 1.50. The molecule has 1 aliphatic heterocycles. The number of benzene rings is 1. The third-order valence-electron chi connectivity index (χ3n) is 3.35. The molecule has 7 heteroatoms. The molecule has 1 fully saturated rings.